The predicted molar refractivity (Wildman–Crippen MR) is 32.0 cm³/mol. The van der Waals surface area contributed by atoms with E-state index >= 15 is 0 Å². The first kappa shape index (κ1) is 8.13. The summed E-state index contributed by atoms with van der Waals surface area (Å²) >= 11 is 0. The zero-order valence-electron chi connectivity index (χ0n) is 5.84. The molecule has 1 rings (SSSR count). The van der Waals surface area contributed by atoms with Gasteiger partial charge in [0.2, 0.25) is 0 Å². The molecule has 0 aromatic carbocycles. The van der Waals surface area contributed by atoms with Gasteiger partial charge in [-0.05, 0) is 0 Å². The second-order valence-corrected chi connectivity index (χ2v) is 2.19. The van der Waals surface area contributed by atoms with Crippen LogP contribution in [0.4, 0.5) is 8.78 Å². The quantitative estimate of drug-likeness (QED) is 0.714. The van der Waals surface area contributed by atoms with E-state index in [4.69, 9.17) is 5.11 Å². The summed E-state index contributed by atoms with van der Waals surface area (Å²) in [7, 11) is 0. The summed E-state index contributed by atoms with van der Waals surface area (Å²) in [4.78, 5) is 3.33. The van der Waals surface area contributed by atoms with Gasteiger partial charge >= 0.3 is 5.92 Å². The number of rotatable bonds is 2. The summed E-state index contributed by atoms with van der Waals surface area (Å²) in [6.45, 7) is 0.291. The molecule has 1 heterocycles. The summed E-state index contributed by atoms with van der Waals surface area (Å²) in [6.07, 6.45) is 1.01. The second-order valence-electron chi connectivity index (χ2n) is 2.19. The van der Waals surface area contributed by atoms with Crippen LogP contribution in [0.2, 0.25) is 0 Å². The van der Waals surface area contributed by atoms with Crippen molar-refractivity contribution in [1.82, 2.24) is 4.98 Å². The van der Waals surface area contributed by atoms with Gasteiger partial charge in [-0.2, -0.15) is 8.78 Å². The highest BCUT2D eigenvalue weighted by Crippen LogP contribution is 2.25. The smallest absolute Gasteiger partial charge is 0.319 e. The molecular formula is C6H7F2NO2. The Kier molecular flexibility index (Phi) is 1.90. The highest BCUT2D eigenvalue weighted by atomic mass is 19.3. The topological polar surface area (TPSA) is 46.3 Å². The molecule has 0 aliphatic rings. The van der Waals surface area contributed by atoms with E-state index in [1.165, 1.54) is 0 Å². The number of aliphatic hydroxyl groups excluding tert-OH is 1. The van der Waals surface area contributed by atoms with Gasteiger partial charge in [-0.25, -0.2) is 4.98 Å². The summed E-state index contributed by atoms with van der Waals surface area (Å²) in [5.74, 6) is -3.74. The Morgan fingerprint density at radius 2 is 2.36 bits per heavy atom. The Bertz CT molecular complexity index is 241. The van der Waals surface area contributed by atoms with E-state index in [0.29, 0.717) is 6.92 Å². The molecule has 0 atom stereocenters. The van der Waals surface area contributed by atoms with Gasteiger partial charge in [0.05, 0.1) is 6.61 Å². The van der Waals surface area contributed by atoms with Gasteiger partial charge in [-0.15, -0.1) is 0 Å². The molecule has 1 aromatic heterocycles. The van der Waals surface area contributed by atoms with E-state index in [2.05, 4.69) is 9.40 Å². The lowest BCUT2D eigenvalue weighted by Crippen LogP contribution is -2.07. The molecule has 1 aromatic rings. The van der Waals surface area contributed by atoms with Crippen molar-refractivity contribution in [2.75, 3.05) is 0 Å². The van der Waals surface area contributed by atoms with E-state index in [9.17, 15) is 8.78 Å². The van der Waals surface area contributed by atoms with Crippen molar-refractivity contribution in [3.8, 4) is 0 Å². The number of oxazole rings is 1. The van der Waals surface area contributed by atoms with E-state index in [1.54, 1.807) is 0 Å². The molecule has 5 heteroatoms. The molecule has 0 saturated carbocycles. The summed E-state index contributed by atoms with van der Waals surface area (Å²) in [5, 5.41) is 8.45. The normalized spacial score (nSPS) is 12.0. The van der Waals surface area contributed by atoms with Gasteiger partial charge in [-0.3, -0.25) is 0 Å². The summed E-state index contributed by atoms with van der Waals surface area (Å²) in [6, 6.07) is 0. The fourth-order valence-corrected chi connectivity index (χ4v) is 0.581. The number of halogens is 2. The maximum absolute atomic E-state index is 12.4. The molecule has 0 bridgehead atoms. The molecule has 0 fully saturated rings. The maximum Gasteiger partial charge on any atom is 0.319 e. The number of alkyl halides is 2. The Hall–Kier alpha value is -0.970. The van der Waals surface area contributed by atoms with Gasteiger partial charge in [0, 0.05) is 6.92 Å². The van der Waals surface area contributed by atoms with Crippen LogP contribution in [0.15, 0.2) is 10.7 Å². The van der Waals surface area contributed by atoms with Crippen molar-refractivity contribution in [1.29, 1.82) is 0 Å². The SMILES string of the molecule is CC(F)(F)c1nc(CO)co1. The number of hydrogen-bond acceptors (Lipinski definition) is 3. The zero-order chi connectivity index (χ0) is 8.48. The third-order valence-corrected chi connectivity index (χ3v) is 1.09. The predicted octanol–water partition coefficient (Wildman–Crippen LogP) is 1.28. The fourth-order valence-electron chi connectivity index (χ4n) is 0.581. The number of aliphatic hydroxyl groups is 1. The maximum atomic E-state index is 12.4. The highest BCUT2D eigenvalue weighted by Gasteiger charge is 2.30. The Labute approximate surface area is 61.7 Å². The molecule has 0 aliphatic heterocycles. The zero-order valence-corrected chi connectivity index (χ0v) is 5.84. The number of aromatic nitrogens is 1. The molecule has 0 saturated heterocycles. The molecule has 0 spiro atoms. The molecule has 11 heavy (non-hydrogen) atoms. The Morgan fingerprint density at radius 3 is 2.64 bits per heavy atom. The average molecular weight is 163 g/mol. The molecule has 0 unspecified atom stereocenters. The van der Waals surface area contributed by atoms with Crippen LogP contribution in [0.3, 0.4) is 0 Å². The monoisotopic (exact) mass is 163 g/mol. The first-order valence-corrected chi connectivity index (χ1v) is 2.97. The molecule has 0 aliphatic carbocycles. The third-order valence-electron chi connectivity index (χ3n) is 1.09. The molecule has 62 valence electrons. The lowest BCUT2D eigenvalue weighted by molar-refractivity contribution is -0.0109. The van der Waals surface area contributed by atoms with Crippen LogP contribution in [-0.2, 0) is 12.5 Å². The Morgan fingerprint density at radius 1 is 1.73 bits per heavy atom. The van der Waals surface area contributed by atoms with Crippen LogP contribution in [-0.4, -0.2) is 10.1 Å². The standard InChI is InChI=1S/C6H7F2NO2/c1-6(7,8)5-9-4(2-10)3-11-5/h3,10H,2H2,1H3. The van der Waals surface area contributed by atoms with Gasteiger partial charge in [0.1, 0.15) is 12.0 Å². The fraction of sp³-hybridized carbons (Fsp3) is 0.500. The second kappa shape index (κ2) is 2.58. The summed E-state index contributed by atoms with van der Waals surface area (Å²) in [5.41, 5.74) is 0.113. The molecule has 1 N–H and O–H groups in total. The average Bonchev–Trinajstić information content (AvgIpc) is 2.32. The molecule has 0 amide bonds. The minimum Gasteiger partial charge on any atom is -0.443 e. The number of hydrogen-bond donors (Lipinski definition) is 1. The summed E-state index contributed by atoms with van der Waals surface area (Å²) < 4.78 is 29.1. The third kappa shape index (κ3) is 1.74. The van der Waals surface area contributed by atoms with Crippen molar-refractivity contribution < 1.29 is 18.3 Å². The van der Waals surface area contributed by atoms with E-state index < -0.39 is 11.8 Å². The minimum atomic E-state index is -3.08. The van der Waals surface area contributed by atoms with Gasteiger partial charge < -0.3 is 9.52 Å². The molecule has 3 nitrogen and oxygen atoms in total. The van der Waals surface area contributed by atoms with Crippen molar-refractivity contribution >= 4 is 0 Å². The molecular weight excluding hydrogens is 156 g/mol. The van der Waals surface area contributed by atoms with Crippen LogP contribution < -0.4 is 0 Å². The van der Waals surface area contributed by atoms with Crippen molar-refractivity contribution in [2.24, 2.45) is 0 Å². The van der Waals surface area contributed by atoms with Crippen LogP contribution in [0.5, 0.6) is 0 Å². The van der Waals surface area contributed by atoms with Crippen molar-refractivity contribution in [2.45, 2.75) is 19.5 Å². The van der Waals surface area contributed by atoms with Crippen LogP contribution in [0, 0.1) is 0 Å². The molecule has 0 radical (unpaired) electrons. The van der Waals surface area contributed by atoms with Gasteiger partial charge in [0.15, 0.2) is 0 Å². The van der Waals surface area contributed by atoms with Crippen molar-refractivity contribution in [3.05, 3.63) is 17.8 Å². The van der Waals surface area contributed by atoms with Crippen LogP contribution in [0.25, 0.3) is 0 Å². The van der Waals surface area contributed by atoms with E-state index in [1.807, 2.05) is 0 Å². The first-order chi connectivity index (χ1) is 5.04. The van der Waals surface area contributed by atoms with Gasteiger partial charge in [-0.1, -0.05) is 0 Å². The van der Waals surface area contributed by atoms with Gasteiger partial charge in [0.25, 0.3) is 5.89 Å². The minimum absolute atomic E-state index is 0.113. The lowest BCUT2D eigenvalue weighted by Gasteiger charge is -2.02. The lowest BCUT2D eigenvalue weighted by atomic mass is 10.4. The van der Waals surface area contributed by atoms with E-state index in [-0.39, 0.29) is 12.3 Å². The van der Waals surface area contributed by atoms with Crippen LogP contribution >= 0.6 is 0 Å². The number of nitrogens with zero attached hydrogens (tertiary/aromatic N) is 1. The van der Waals surface area contributed by atoms with Crippen molar-refractivity contribution in [3.63, 3.8) is 0 Å². The van der Waals surface area contributed by atoms with Crippen LogP contribution in [0.1, 0.15) is 18.5 Å². The highest BCUT2D eigenvalue weighted by molar-refractivity contribution is 4.98. The van der Waals surface area contributed by atoms with E-state index in [0.717, 1.165) is 6.26 Å². The Balaban J connectivity index is 2.89. The largest absolute Gasteiger partial charge is 0.443 e. The first-order valence-electron chi connectivity index (χ1n) is 2.97.